The van der Waals surface area contributed by atoms with E-state index in [1.54, 1.807) is 6.92 Å². The molecule has 2 nitrogen and oxygen atoms in total. The Morgan fingerprint density at radius 2 is 2.00 bits per heavy atom. The predicted molar refractivity (Wildman–Crippen MR) is 78.5 cm³/mol. The molecule has 0 spiro atoms. The first-order valence-corrected chi connectivity index (χ1v) is 10.7. The molecule has 1 aliphatic carbocycles. The van der Waals surface area contributed by atoms with Crippen LogP contribution in [0.4, 0.5) is 0 Å². The molecule has 1 rings (SSSR count). The lowest BCUT2D eigenvalue weighted by atomic mass is 9.65. The van der Waals surface area contributed by atoms with Crippen LogP contribution < -0.4 is 0 Å². The highest BCUT2D eigenvalue weighted by Gasteiger charge is 2.45. The smallest absolute Gasteiger partial charge is 0.139 e. The average Bonchev–Trinajstić information content (AvgIpc) is 2.21. The SMILES string of the molecule is CC(=O)C(C[C@]1(C)C(=O)CCC[C@H]1C)[Si](C)(C)C. The molecule has 0 N–H and O–H groups in total. The van der Waals surface area contributed by atoms with Crippen LogP contribution in [-0.2, 0) is 9.59 Å². The van der Waals surface area contributed by atoms with Crippen molar-refractivity contribution in [3.63, 3.8) is 0 Å². The van der Waals surface area contributed by atoms with Crippen molar-refractivity contribution in [2.75, 3.05) is 0 Å². The summed E-state index contributed by atoms with van der Waals surface area (Å²) < 4.78 is 0. The Balaban J connectivity index is 2.97. The van der Waals surface area contributed by atoms with Gasteiger partial charge in [-0.2, -0.15) is 0 Å². The Labute approximate surface area is 113 Å². The zero-order valence-electron chi connectivity index (χ0n) is 12.8. The zero-order chi connectivity index (χ0) is 14.1. The van der Waals surface area contributed by atoms with Gasteiger partial charge in [0.1, 0.15) is 11.6 Å². The Morgan fingerprint density at radius 1 is 1.44 bits per heavy atom. The van der Waals surface area contributed by atoms with E-state index in [1.165, 1.54) is 0 Å². The van der Waals surface area contributed by atoms with Gasteiger partial charge in [-0.3, -0.25) is 4.79 Å². The second kappa shape index (κ2) is 5.28. The van der Waals surface area contributed by atoms with Crippen molar-refractivity contribution in [2.45, 2.75) is 71.6 Å². The minimum atomic E-state index is -1.54. The molecule has 0 bridgehead atoms. The van der Waals surface area contributed by atoms with Crippen molar-refractivity contribution < 1.29 is 9.59 Å². The Hall–Kier alpha value is -0.443. The van der Waals surface area contributed by atoms with Gasteiger partial charge in [0.25, 0.3) is 0 Å². The van der Waals surface area contributed by atoms with Crippen molar-refractivity contribution >= 4 is 19.6 Å². The highest BCUT2D eigenvalue weighted by Crippen LogP contribution is 2.46. The van der Waals surface area contributed by atoms with Crippen molar-refractivity contribution in [3.8, 4) is 0 Å². The predicted octanol–water partition coefficient (Wildman–Crippen LogP) is 4.07. The summed E-state index contributed by atoms with van der Waals surface area (Å²) in [7, 11) is -1.54. The summed E-state index contributed by atoms with van der Waals surface area (Å²) in [5.74, 6) is 1.07. The molecule has 18 heavy (non-hydrogen) atoms. The largest absolute Gasteiger partial charge is 0.300 e. The molecule has 0 amide bonds. The molecule has 3 heteroatoms. The molecule has 0 aliphatic heterocycles. The number of carbonyl (C=O) groups excluding carboxylic acids is 2. The lowest BCUT2D eigenvalue weighted by molar-refractivity contribution is -0.134. The number of rotatable bonds is 4. The normalized spacial score (nSPS) is 31.2. The van der Waals surface area contributed by atoms with Crippen LogP contribution in [0.2, 0.25) is 25.2 Å². The van der Waals surface area contributed by atoms with Gasteiger partial charge in [-0.05, 0) is 32.1 Å². The molecule has 0 aromatic carbocycles. The fraction of sp³-hybridized carbons (Fsp3) is 0.867. The van der Waals surface area contributed by atoms with Gasteiger partial charge < -0.3 is 4.79 Å². The van der Waals surface area contributed by atoms with E-state index in [9.17, 15) is 9.59 Å². The van der Waals surface area contributed by atoms with Crippen LogP contribution in [-0.4, -0.2) is 19.6 Å². The van der Waals surface area contributed by atoms with Gasteiger partial charge in [-0.25, -0.2) is 0 Å². The summed E-state index contributed by atoms with van der Waals surface area (Å²) in [6.45, 7) is 12.7. The van der Waals surface area contributed by atoms with E-state index in [-0.39, 0.29) is 16.7 Å². The molecule has 1 aliphatic rings. The minimum Gasteiger partial charge on any atom is -0.300 e. The lowest BCUT2D eigenvalue weighted by Crippen LogP contribution is -2.44. The summed E-state index contributed by atoms with van der Waals surface area (Å²) >= 11 is 0. The third kappa shape index (κ3) is 3.11. The summed E-state index contributed by atoms with van der Waals surface area (Å²) in [6, 6.07) is 0. The number of hydrogen-bond acceptors (Lipinski definition) is 2. The lowest BCUT2D eigenvalue weighted by Gasteiger charge is -2.42. The van der Waals surface area contributed by atoms with Gasteiger partial charge in [0, 0.05) is 17.4 Å². The molecule has 3 atom stereocenters. The van der Waals surface area contributed by atoms with Crippen LogP contribution in [0.15, 0.2) is 0 Å². The molecular weight excluding hydrogens is 240 g/mol. The summed E-state index contributed by atoms with van der Waals surface area (Å²) in [5.41, 5.74) is -0.151. The standard InChI is InChI=1S/C15H28O2Si/c1-11-8-7-9-14(17)15(11,3)10-13(12(2)16)18(4,5)6/h11,13H,7-10H2,1-6H3/t11-,13?,15+/m1/s1. The Morgan fingerprint density at radius 3 is 2.39 bits per heavy atom. The zero-order valence-corrected chi connectivity index (χ0v) is 13.8. The Kier molecular flexibility index (Phi) is 4.58. The molecule has 1 fully saturated rings. The highest BCUT2D eigenvalue weighted by atomic mass is 28.3. The first kappa shape index (κ1) is 15.6. The van der Waals surface area contributed by atoms with Crippen molar-refractivity contribution in [2.24, 2.45) is 11.3 Å². The summed E-state index contributed by atoms with van der Waals surface area (Å²) in [5, 5.41) is 0. The van der Waals surface area contributed by atoms with Crippen molar-refractivity contribution in [1.82, 2.24) is 0 Å². The fourth-order valence-corrected chi connectivity index (χ4v) is 5.50. The van der Waals surface area contributed by atoms with Crippen LogP contribution in [0.3, 0.4) is 0 Å². The summed E-state index contributed by atoms with van der Waals surface area (Å²) in [4.78, 5) is 24.3. The average molecular weight is 268 g/mol. The molecule has 104 valence electrons. The van der Waals surface area contributed by atoms with Crippen LogP contribution in [0.5, 0.6) is 0 Å². The van der Waals surface area contributed by atoms with Gasteiger partial charge in [-0.1, -0.05) is 33.5 Å². The first-order valence-electron chi connectivity index (χ1n) is 7.13. The van der Waals surface area contributed by atoms with Crippen LogP contribution >= 0.6 is 0 Å². The van der Waals surface area contributed by atoms with Crippen LogP contribution in [0.25, 0.3) is 0 Å². The third-order valence-electron chi connectivity index (χ3n) is 4.93. The second-order valence-corrected chi connectivity index (χ2v) is 12.8. The number of carbonyl (C=O) groups is 2. The van der Waals surface area contributed by atoms with Gasteiger partial charge >= 0.3 is 0 Å². The molecule has 1 unspecified atom stereocenters. The van der Waals surface area contributed by atoms with E-state index >= 15 is 0 Å². The minimum absolute atomic E-state index is 0.118. The monoisotopic (exact) mass is 268 g/mol. The molecule has 0 heterocycles. The van der Waals surface area contributed by atoms with Gasteiger partial charge in [0.15, 0.2) is 0 Å². The molecule has 0 aromatic heterocycles. The van der Waals surface area contributed by atoms with Gasteiger partial charge in [0.05, 0.1) is 8.07 Å². The van der Waals surface area contributed by atoms with E-state index in [0.29, 0.717) is 18.1 Å². The molecule has 0 aromatic rings. The number of Topliss-reactive ketones (excluding diaryl/α,β-unsaturated/α-hetero) is 2. The van der Waals surface area contributed by atoms with Crippen LogP contribution in [0.1, 0.15) is 46.5 Å². The second-order valence-electron chi connectivity index (χ2n) is 7.37. The maximum atomic E-state index is 12.3. The van der Waals surface area contributed by atoms with E-state index in [0.717, 1.165) is 19.3 Å². The third-order valence-corrected chi connectivity index (χ3v) is 7.63. The van der Waals surface area contributed by atoms with Crippen molar-refractivity contribution in [3.05, 3.63) is 0 Å². The first-order chi connectivity index (χ1) is 8.09. The molecular formula is C15H28O2Si. The van der Waals surface area contributed by atoms with Gasteiger partial charge in [0.2, 0.25) is 0 Å². The fourth-order valence-electron chi connectivity index (χ4n) is 3.25. The quantitative estimate of drug-likeness (QED) is 0.720. The number of hydrogen-bond donors (Lipinski definition) is 0. The highest BCUT2D eigenvalue weighted by molar-refractivity contribution is 6.80. The summed E-state index contributed by atoms with van der Waals surface area (Å²) in [6.07, 6.45) is 3.63. The molecule has 0 radical (unpaired) electrons. The van der Waals surface area contributed by atoms with E-state index < -0.39 is 8.07 Å². The molecule has 1 saturated carbocycles. The van der Waals surface area contributed by atoms with Crippen LogP contribution in [0, 0.1) is 11.3 Å². The molecule has 0 saturated heterocycles. The number of ketones is 2. The maximum absolute atomic E-state index is 12.3. The Bertz CT molecular complexity index is 343. The van der Waals surface area contributed by atoms with Gasteiger partial charge in [-0.15, -0.1) is 0 Å². The topological polar surface area (TPSA) is 34.1 Å². The van der Waals surface area contributed by atoms with Crippen molar-refractivity contribution in [1.29, 1.82) is 0 Å². The van der Waals surface area contributed by atoms with E-state index in [1.807, 2.05) is 0 Å². The van der Waals surface area contributed by atoms with E-state index in [4.69, 9.17) is 0 Å². The maximum Gasteiger partial charge on any atom is 0.139 e. The van der Waals surface area contributed by atoms with E-state index in [2.05, 4.69) is 33.5 Å².